The van der Waals surface area contributed by atoms with Gasteiger partial charge in [-0.05, 0) is 66.3 Å². The van der Waals surface area contributed by atoms with E-state index in [1.165, 1.54) is 29.9 Å². The molecule has 124 valence electrons. The molecule has 1 unspecified atom stereocenters. The van der Waals surface area contributed by atoms with Crippen molar-refractivity contribution in [3.05, 3.63) is 71.1 Å². The van der Waals surface area contributed by atoms with E-state index in [-0.39, 0.29) is 5.97 Å². The topological polar surface area (TPSA) is 51.2 Å². The van der Waals surface area contributed by atoms with E-state index in [0.29, 0.717) is 6.04 Å². The van der Waals surface area contributed by atoms with E-state index in [9.17, 15) is 4.79 Å². The van der Waals surface area contributed by atoms with Crippen LogP contribution in [0.5, 0.6) is 0 Å². The second-order valence-corrected chi connectivity index (χ2v) is 5.97. The number of fused-ring (bicyclic) bond motifs is 1. The van der Waals surface area contributed by atoms with Crippen LogP contribution in [0.2, 0.25) is 0 Å². The number of aromatic nitrogens is 1. The molecule has 24 heavy (non-hydrogen) atoms. The van der Waals surface area contributed by atoms with Gasteiger partial charge < -0.3 is 10.1 Å². The van der Waals surface area contributed by atoms with Crippen LogP contribution >= 0.6 is 0 Å². The quantitative estimate of drug-likeness (QED) is 0.656. The minimum atomic E-state index is -0.328. The Bertz CT molecular complexity index is 726. The van der Waals surface area contributed by atoms with Gasteiger partial charge in [0, 0.05) is 24.5 Å². The molecule has 0 saturated heterocycles. The molecule has 0 radical (unpaired) electrons. The smallest absolute Gasteiger partial charge is 0.330 e. The normalized spacial score (nSPS) is 16.3. The van der Waals surface area contributed by atoms with Crippen molar-refractivity contribution in [3.8, 4) is 0 Å². The van der Waals surface area contributed by atoms with E-state index in [1.54, 1.807) is 6.08 Å². The summed E-state index contributed by atoms with van der Waals surface area (Å²) in [7, 11) is 1.39. The third kappa shape index (κ3) is 4.09. The molecule has 1 aromatic heterocycles. The summed E-state index contributed by atoms with van der Waals surface area (Å²) in [4.78, 5) is 15.2. The molecule has 1 aliphatic carbocycles. The van der Waals surface area contributed by atoms with E-state index >= 15 is 0 Å². The van der Waals surface area contributed by atoms with Gasteiger partial charge in [-0.25, -0.2) is 4.79 Å². The van der Waals surface area contributed by atoms with E-state index in [2.05, 4.69) is 45.4 Å². The molecule has 0 fully saturated rings. The van der Waals surface area contributed by atoms with Gasteiger partial charge in [-0.1, -0.05) is 18.2 Å². The number of esters is 1. The molecule has 0 bridgehead atoms. The second-order valence-electron chi connectivity index (χ2n) is 5.97. The highest BCUT2D eigenvalue weighted by atomic mass is 16.5. The van der Waals surface area contributed by atoms with Crippen LogP contribution < -0.4 is 5.32 Å². The first-order chi connectivity index (χ1) is 11.8. The summed E-state index contributed by atoms with van der Waals surface area (Å²) in [5.74, 6) is -0.328. The Morgan fingerprint density at radius 3 is 2.96 bits per heavy atom. The van der Waals surface area contributed by atoms with E-state index in [1.807, 2.05) is 12.4 Å². The number of rotatable bonds is 6. The van der Waals surface area contributed by atoms with Crippen LogP contribution in [-0.2, 0) is 22.4 Å². The number of benzene rings is 1. The molecule has 1 aromatic carbocycles. The first-order valence-corrected chi connectivity index (χ1v) is 8.27. The maximum Gasteiger partial charge on any atom is 0.330 e. The Labute approximate surface area is 142 Å². The molecular weight excluding hydrogens is 300 g/mol. The average Bonchev–Trinajstić information content (AvgIpc) is 3.03. The third-order valence-electron chi connectivity index (χ3n) is 4.41. The highest BCUT2D eigenvalue weighted by Gasteiger charge is 2.21. The van der Waals surface area contributed by atoms with Gasteiger partial charge in [0.25, 0.3) is 0 Å². The molecule has 4 nitrogen and oxygen atoms in total. The van der Waals surface area contributed by atoms with Crippen LogP contribution in [0.15, 0.2) is 48.8 Å². The fourth-order valence-electron chi connectivity index (χ4n) is 3.13. The molecule has 0 spiro atoms. The van der Waals surface area contributed by atoms with Crippen molar-refractivity contribution in [2.75, 3.05) is 13.7 Å². The number of pyridine rings is 1. The molecule has 4 heteroatoms. The number of nitrogens with zero attached hydrogens (tertiary/aromatic N) is 1. The molecule has 3 rings (SSSR count). The number of carbonyl (C=O) groups is 1. The van der Waals surface area contributed by atoms with Crippen LogP contribution in [0.4, 0.5) is 0 Å². The van der Waals surface area contributed by atoms with E-state index in [4.69, 9.17) is 0 Å². The lowest BCUT2D eigenvalue weighted by atomic mass is 10.0. The number of carbonyl (C=O) groups excluding carboxylic acids is 1. The van der Waals surface area contributed by atoms with Gasteiger partial charge in [-0.15, -0.1) is 0 Å². The van der Waals surface area contributed by atoms with Crippen LogP contribution in [0.1, 0.15) is 34.7 Å². The zero-order valence-electron chi connectivity index (χ0n) is 13.9. The monoisotopic (exact) mass is 322 g/mol. The molecule has 0 amide bonds. The molecular formula is C20H22N2O2. The number of nitrogens with one attached hydrogen (secondary N) is 1. The van der Waals surface area contributed by atoms with Crippen molar-refractivity contribution in [1.82, 2.24) is 10.3 Å². The van der Waals surface area contributed by atoms with E-state index < -0.39 is 0 Å². The minimum Gasteiger partial charge on any atom is -0.466 e. The van der Waals surface area contributed by atoms with Gasteiger partial charge in [-0.2, -0.15) is 0 Å². The fourth-order valence-corrected chi connectivity index (χ4v) is 3.13. The Balaban J connectivity index is 1.58. The predicted molar refractivity (Wildman–Crippen MR) is 94.5 cm³/mol. The summed E-state index contributed by atoms with van der Waals surface area (Å²) < 4.78 is 4.62. The van der Waals surface area contributed by atoms with Crippen molar-refractivity contribution in [2.45, 2.75) is 25.3 Å². The van der Waals surface area contributed by atoms with Crippen LogP contribution in [0.3, 0.4) is 0 Å². The van der Waals surface area contributed by atoms with Crippen molar-refractivity contribution in [2.24, 2.45) is 0 Å². The zero-order valence-corrected chi connectivity index (χ0v) is 13.9. The van der Waals surface area contributed by atoms with Gasteiger partial charge in [0.2, 0.25) is 0 Å². The van der Waals surface area contributed by atoms with Crippen molar-refractivity contribution >= 4 is 12.0 Å². The number of aryl methyl sites for hydroxylation is 1. The summed E-state index contributed by atoms with van der Waals surface area (Å²) in [5, 5.41) is 3.65. The number of ether oxygens (including phenoxy) is 1. The Morgan fingerprint density at radius 2 is 2.17 bits per heavy atom. The lowest BCUT2D eigenvalue weighted by Gasteiger charge is -2.14. The largest absolute Gasteiger partial charge is 0.466 e. The average molecular weight is 322 g/mol. The van der Waals surface area contributed by atoms with Gasteiger partial charge in [-0.3, -0.25) is 4.98 Å². The third-order valence-corrected chi connectivity index (χ3v) is 4.41. The molecule has 0 aliphatic heterocycles. The van der Waals surface area contributed by atoms with E-state index in [0.717, 1.165) is 31.4 Å². The Hall–Kier alpha value is -2.46. The molecule has 0 saturated carbocycles. The fraction of sp³-hybridized carbons (Fsp3) is 0.300. The Morgan fingerprint density at radius 1 is 1.33 bits per heavy atom. The molecule has 1 atom stereocenters. The Kier molecular flexibility index (Phi) is 5.39. The summed E-state index contributed by atoms with van der Waals surface area (Å²) in [6.45, 7) is 0.956. The lowest BCUT2D eigenvalue weighted by molar-refractivity contribution is -0.134. The summed E-state index contributed by atoms with van der Waals surface area (Å²) in [6, 6.07) is 10.9. The number of hydrogen-bond acceptors (Lipinski definition) is 4. The second kappa shape index (κ2) is 7.88. The number of methoxy groups -OCH3 is 1. The van der Waals surface area contributed by atoms with Gasteiger partial charge in [0.15, 0.2) is 0 Å². The number of hydrogen-bond donors (Lipinski definition) is 1. The molecule has 2 aromatic rings. The summed E-state index contributed by atoms with van der Waals surface area (Å²) in [6.07, 6.45) is 10.1. The highest BCUT2D eigenvalue weighted by Crippen LogP contribution is 2.32. The van der Waals surface area contributed by atoms with Gasteiger partial charge in [0.05, 0.1) is 7.11 Å². The first-order valence-electron chi connectivity index (χ1n) is 8.27. The summed E-state index contributed by atoms with van der Waals surface area (Å²) >= 11 is 0. The van der Waals surface area contributed by atoms with Gasteiger partial charge in [0.1, 0.15) is 0 Å². The van der Waals surface area contributed by atoms with Crippen molar-refractivity contribution in [3.63, 3.8) is 0 Å². The lowest BCUT2D eigenvalue weighted by Crippen LogP contribution is -2.21. The standard InChI is InChI=1S/C20H22N2O2/c1-24-20(23)7-3-16-2-5-18-17(14-16)4-6-19(18)22-13-10-15-8-11-21-12-9-15/h2-3,5,7-9,11-12,14,19,22H,4,6,10,13H2,1H3. The first kappa shape index (κ1) is 16.4. The van der Waals surface area contributed by atoms with Crippen LogP contribution in [-0.4, -0.2) is 24.6 Å². The predicted octanol–water partition coefficient (Wildman–Crippen LogP) is 3.09. The van der Waals surface area contributed by atoms with Crippen LogP contribution in [0, 0.1) is 0 Å². The maximum absolute atomic E-state index is 11.2. The van der Waals surface area contributed by atoms with Crippen molar-refractivity contribution < 1.29 is 9.53 Å². The molecule has 1 N–H and O–H groups in total. The highest BCUT2D eigenvalue weighted by molar-refractivity contribution is 5.86. The SMILES string of the molecule is COC(=O)C=Cc1ccc2c(c1)CCC2NCCc1ccncc1. The molecule has 1 heterocycles. The zero-order chi connectivity index (χ0) is 16.8. The maximum atomic E-state index is 11.2. The minimum absolute atomic E-state index is 0.328. The summed E-state index contributed by atoms with van der Waals surface area (Å²) in [5.41, 5.74) is 5.08. The van der Waals surface area contributed by atoms with Crippen molar-refractivity contribution in [1.29, 1.82) is 0 Å². The molecule has 1 aliphatic rings. The van der Waals surface area contributed by atoms with Crippen LogP contribution in [0.25, 0.3) is 6.08 Å². The van der Waals surface area contributed by atoms with Gasteiger partial charge >= 0.3 is 5.97 Å².